The number of halogens is 1. The zero-order valence-electron chi connectivity index (χ0n) is 15.6. The van der Waals surface area contributed by atoms with E-state index in [9.17, 15) is 17.6 Å². The van der Waals surface area contributed by atoms with E-state index in [1.54, 1.807) is 6.07 Å². The van der Waals surface area contributed by atoms with Crippen molar-refractivity contribution in [1.82, 2.24) is 0 Å². The van der Waals surface area contributed by atoms with Crippen molar-refractivity contribution in [1.29, 1.82) is 0 Å². The second kappa shape index (κ2) is 8.03. The molecule has 0 unspecified atom stereocenters. The second-order valence-electron chi connectivity index (χ2n) is 6.45. The Morgan fingerprint density at radius 1 is 0.833 bits per heavy atom. The zero-order chi connectivity index (χ0) is 21.1. The van der Waals surface area contributed by atoms with E-state index in [1.807, 2.05) is 0 Å². The monoisotopic (exact) mass is 428 g/mol. The van der Waals surface area contributed by atoms with Crippen LogP contribution in [0.1, 0.15) is 10.4 Å². The fourth-order valence-electron chi connectivity index (χ4n) is 2.83. The van der Waals surface area contributed by atoms with E-state index in [0.717, 1.165) is 0 Å². The van der Waals surface area contributed by atoms with Gasteiger partial charge in [-0.05, 0) is 60.7 Å². The number of hydrogen-bond donors (Lipinski definition) is 2. The number of anilines is 2. The van der Waals surface area contributed by atoms with Crippen LogP contribution in [0.4, 0.5) is 15.8 Å². The first-order valence-electron chi connectivity index (χ1n) is 9.00. The molecule has 0 saturated heterocycles. The number of nitrogens with one attached hydrogen (secondary N) is 2. The van der Waals surface area contributed by atoms with Gasteiger partial charge in [-0.25, -0.2) is 12.8 Å². The van der Waals surface area contributed by atoms with E-state index in [0.29, 0.717) is 41.7 Å². The first-order chi connectivity index (χ1) is 14.4. The summed E-state index contributed by atoms with van der Waals surface area (Å²) < 4.78 is 51.6. The molecule has 1 aliphatic heterocycles. The Hall–Kier alpha value is -3.59. The number of rotatable bonds is 5. The van der Waals surface area contributed by atoms with Gasteiger partial charge in [-0.15, -0.1) is 0 Å². The van der Waals surface area contributed by atoms with Gasteiger partial charge in [-0.1, -0.05) is 0 Å². The number of amides is 1. The first kappa shape index (κ1) is 19.7. The molecule has 154 valence electrons. The van der Waals surface area contributed by atoms with E-state index in [2.05, 4.69) is 10.0 Å². The molecule has 0 fully saturated rings. The minimum Gasteiger partial charge on any atom is -0.486 e. The highest BCUT2D eigenvalue weighted by atomic mass is 32.2. The summed E-state index contributed by atoms with van der Waals surface area (Å²) in [5.41, 5.74) is 1.06. The predicted molar refractivity (Wildman–Crippen MR) is 109 cm³/mol. The summed E-state index contributed by atoms with van der Waals surface area (Å²) in [6.45, 7) is 0.768. The second-order valence-corrected chi connectivity index (χ2v) is 8.13. The third kappa shape index (κ3) is 4.36. The lowest BCUT2D eigenvalue weighted by Crippen LogP contribution is -2.17. The van der Waals surface area contributed by atoms with Crippen LogP contribution in [0.2, 0.25) is 0 Å². The van der Waals surface area contributed by atoms with Gasteiger partial charge in [0, 0.05) is 23.0 Å². The molecule has 7 nitrogen and oxygen atoms in total. The Bertz CT molecular complexity index is 1180. The van der Waals surface area contributed by atoms with Crippen LogP contribution in [0.15, 0.2) is 71.6 Å². The Kier molecular flexibility index (Phi) is 5.28. The van der Waals surface area contributed by atoms with Crippen molar-refractivity contribution in [2.24, 2.45) is 0 Å². The maximum absolute atomic E-state index is 13.0. The highest BCUT2D eigenvalue weighted by molar-refractivity contribution is 7.92. The summed E-state index contributed by atoms with van der Waals surface area (Å²) in [4.78, 5) is 12.3. The van der Waals surface area contributed by atoms with Crippen molar-refractivity contribution in [3.8, 4) is 11.5 Å². The van der Waals surface area contributed by atoms with Crippen LogP contribution in [-0.4, -0.2) is 27.5 Å². The van der Waals surface area contributed by atoms with Crippen LogP contribution in [-0.2, 0) is 10.0 Å². The van der Waals surface area contributed by atoms with Gasteiger partial charge in [-0.3, -0.25) is 9.52 Å². The molecule has 1 heterocycles. The van der Waals surface area contributed by atoms with Crippen LogP contribution in [0.25, 0.3) is 0 Å². The normalized spacial score (nSPS) is 12.8. The molecular formula is C21H17FN2O5S. The van der Waals surface area contributed by atoms with Crippen LogP contribution >= 0.6 is 0 Å². The molecule has 0 aliphatic carbocycles. The van der Waals surface area contributed by atoms with Gasteiger partial charge in [0.2, 0.25) is 0 Å². The summed E-state index contributed by atoms with van der Waals surface area (Å²) in [6, 6.07) is 15.7. The van der Waals surface area contributed by atoms with Gasteiger partial charge in [0.15, 0.2) is 11.5 Å². The lowest BCUT2D eigenvalue weighted by molar-refractivity contribution is 0.102. The van der Waals surface area contributed by atoms with E-state index in [4.69, 9.17) is 9.47 Å². The molecule has 0 bridgehead atoms. The molecule has 1 amide bonds. The molecular weight excluding hydrogens is 411 g/mol. The lowest BCUT2D eigenvalue weighted by atomic mass is 10.2. The molecule has 0 radical (unpaired) electrons. The molecule has 3 aromatic rings. The lowest BCUT2D eigenvalue weighted by Gasteiger charge is -2.19. The molecule has 9 heteroatoms. The van der Waals surface area contributed by atoms with Crippen molar-refractivity contribution < 1.29 is 27.1 Å². The van der Waals surface area contributed by atoms with Gasteiger partial charge in [0.05, 0.1) is 4.90 Å². The number of hydrogen-bond acceptors (Lipinski definition) is 5. The van der Waals surface area contributed by atoms with Gasteiger partial charge in [0.1, 0.15) is 19.0 Å². The third-order valence-electron chi connectivity index (χ3n) is 4.33. The van der Waals surface area contributed by atoms with E-state index in [-0.39, 0.29) is 4.90 Å². The molecule has 0 atom stereocenters. The van der Waals surface area contributed by atoms with Crippen LogP contribution < -0.4 is 19.5 Å². The average molecular weight is 428 g/mol. The number of ether oxygens (including phenoxy) is 2. The summed E-state index contributed by atoms with van der Waals surface area (Å²) in [5, 5.41) is 2.64. The van der Waals surface area contributed by atoms with Crippen LogP contribution in [0, 0.1) is 5.82 Å². The van der Waals surface area contributed by atoms with E-state index < -0.39 is 21.7 Å². The van der Waals surface area contributed by atoms with Crippen molar-refractivity contribution in [3.05, 3.63) is 78.1 Å². The highest BCUT2D eigenvalue weighted by Crippen LogP contribution is 2.32. The van der Waals surface area contributed by atoms with E-state index >= 15 is 0 Å². The zero-order valence-corrected chi connectivity index (χ0v) is 16.4. The standard InChI is InChI=1S/C21H17FN2O5S/c22-15-3-7-16(8-4-15)23-21(25)14-1-5-17(6-2-14)24-30(26,27)18-9-10-19-20(13-18)29-12-11-28-19/h1-10,13,24H,11-12H2,(H,23,25). The van der Waals surface area contributed by atoms with Crippen molar-refractivity contribution in [2.45, 2.75) is 4.90 Å². The maximum atomic E-state index is 13.0. The van der Waals surface area contributed by atoms with Crippen LogP contribution in [0.5, 0.6) is 11.5 Å². The van der Waals surface area contributed by atoms with Gasteiger partial charge < -0.3 is 14.8 Å². The minimum atomic E-state index is -3.85. The topological polar surface area (TPSA) is 93.7 Å². The number of carbonyl (C=O) groups excluding carboxylic acids is 1. The fourth-order valence-corrected chi connectivity index (χ4v) is 3.90. The fraction of sp³-hybridized carbons (Fsp3) is 0.0952. The SMILES string of the molecule is O=C(Nc1ccc(F)cc1)c1ccc(NS(=O)(=O)c2ccc3c(c2)OCCO3)cc1. The predicted octanol–water partition coefficient (Wildman–Crippen LogP) is 3.65. The maximum Gasteiger partial charge on any atom is 0.262 e. The number of sulfonamides is 1. The van der Waals surface area contributed by atoms with Crippen LogP contribution in [0.3, 0.4) is 0 Å². The third-order valence-corrected chi connectivity index (χ3v) is 5.70. The largest absolute Gasteiger partial charge is 0.486 e. The first-order valence-corrected chi connectivity index (χ1v) is 10.5. The highest BCUT2D eigenvalue weighted by Gasteiger charge is 2.19. The number of carbonyl (C=O) groups is 1. The average Bonchev–Trinajstić information content (AvgIpc) is 2.75. The smallest absolute Gasteiger partial charge is 0.262 e. The molecule has 1 aliphatic rings. The van der Waals surface area contributed by atoms with Gasteiger partial charge in [0.25, 0.3) is 15.9 Å². The molecule has 2 N–H and O–H groups in total. The summed E-state index contributed by atoms with van der Waals surface area (Å²) in [6.07, 6.45) is 0. The minimum absolute atomic E-state index is 0.0323. The van der Waals surface area contributed by atoms with Crippen molar-refractivity contribution in [2.75, 3.05) is 23.3 Å². The number of benzene rings is 3. The Morgan fingerprint density at radius 2 is 1.47 bits per heavy atom. The van der Waals surface area contributed by atoms with E-state index in [1.165, 1.54) is 60.7 Å². The molecule has 30 heavy (non-hydrogen) atoms. The number of fused-ring (bicyclic) bond motifs is 1. The molecule has 4 rings (SSSR count). The molecule has 0 saturated carbocycles. The van der Waals surface area contributed by atoms with Gasteiger partial charge >= 0.3 is 0 Å². The quantitative estimate of drug-likeness (QED) is 0.647. The van der Waals surface area contributed by atoms with Crippen molar-refractivity contribution >= 4 is 27.3 Å². The summed E-state index contributed by atoms with van der Waals surface area (Å²) in [7, 11) is -3.85. The Labute approximate surface area is 172 Å². The Morgan fingerprint density at radius 3 is 2.17 bits per heavy atom. The van der Waals surface area contributed by atoms with Crippen molar-refractivity contribution in [3.63, 3.8) is 0 Å². The molecule has 0 spiro atoms. The Balaban J connectivity index is 1.46. The summed E-state index contributed by atoms with van der Waals surface area (Å²) >= 11 is 0. The molecule has 3 aromatic carbocycles. The van der Waals surface area contributed by atoms with Gasteiger partial charge in [-0.2, -0.15) is 0 Å². The molecule has 0 aromatic heterocycles. The summed E-state index contributed by atoms with van der Waals surface area (Å²) in [5.74, 6) is 0.0687.